The minimum absolute atomic E-state index is 0.200. The van der Waals surface area contributed by atoms with E-state index in [4.69, 9.17) is 9.47 Å². The topological polar surface area (TPSA) is 149 Å². The first-order valence-corrected chi connectivity index (χ1v) is 19.6. The molecule has 1 aliphatic rings. The van der Waals surface area contributed by atoms with Gasteiger partial charge in [0.2, 0.25) is 5.91 Å². The summed E-state index contributed by atoms with van der Waals surface area (Å²) in [4.78, 5) is 12.7. The van der Waals surface area contributed by atoms with Crippen LogP contribution in [0.1, 0.15) is 162 Å². The molecule has 1 fully saturated rings. The van der Waals surface area contributed by atoms with Crippen molar-refractivity contribution < 1.29 is 39.8 Å². The van der Waals surface area contributed by atoms with Crippen LogP contribution in [0.15, 0.2) is 24.3 Å². The first kappa shape index (κ1) is 44.7. The maximum atomic E-state index is 12.7. The van der Waals surface area contributed by atoms with Crippen LogP contribution >= 0.6 is 0 Å². The van der Waals surface area contributed by atoms with E-state index in [-0.39, 0.29) is 12.5 Å². The molecule has 1 heterocycles. The fourth-order valence-electron chi connectivity index (χ4n) is 6.05. The zero-order chi connectivity index (χ0) is 35.2. The van der Waals surface area contributed by atoms with E-state index >= 15 is 0 Å². The predicted molar refractivity (Wildman–Crippen MR) is 193 cm³/mol. The standard InChI is InChI=1S/C39H73NO8/c1-3-5-7-9-10-11-12-13-14-15-16-17-18-19-20-21-22-23-25-26-28-33(42)32(40-35(43)29-27-24-8-6-4-2)31-47-39-38(46)37(45)36(44)34(30-41)48-39/h21-22,26,28,32-34,36-39,41-42,44-46H,3-20,23-25,27,29-31H2,1-2H3,(H,40,43)/b22-21+,28-26+. The summed E-state index contributed by atoms with van der Waals surface area (Å²) in [5, 5.41) is 53.6. The summed E-state index contributed by atoms with van der Waals surface area (Å²) < 4.78 is 11.1. The van der Waals surface area contributed by atoms with Crippen LogP contribution in [-0.2, 0) is 14.3 Å². The summed E-state index contributed by atoms with van der Waals surface area (Å²) in [6.07, 6.45) is 27.0. The first-order chi connectivity index (χ1) is 23.3. The molecule has 282 valence electrons. The lowest BCUT2D eigenvalue weighted by molar-refractivity contribution is -0.302. The van der Waals surface area contributed by atoms with Crippen molar-refractivity contribution in [3.05, 3.63) is 24.3 Å². The summed E-state index contributed by atoms with van der Waals surface area (Å²) in [6.45, 7) is 3.64. The van der Waals surface area contributed by atoms with Crippen molar-refractivity contribution in [2.45, 2.75) is 204 Å². The third-order valence-corrected chi connectivity index (χ3v) is 9.28. The molecule has 0 bridgehead atoms. The monoisotopic (exact) mass is 684 g/mol. The van der Waals surface area contributed by atoms with Gasteiger partial charge in [0.1, 0.15) is 24.4 Å². The van der Waals surface area contributed by atoms with Crippen LogP contribution < -0.4 is 5.32 Å². The Hall–Kier alpha value is -1.33. The summed E-state index contributed by atoms with van der Waals surface area (Å²) in [6, 6.07) is -0.812. The van der Waals surface area contributed by atoms with Crippen LogP contribution in [-0.4, -0.2) is 87.5 Å². The Morgan fingerprint density at radius 3 is 1.75 bits per heavy atom. The maximum absolute atomic E-state index is 12.7. The second-order valence-corrected chi connectivity index (χ2v) is 13.7. The van der Waals surface area contributed by atoms with Crippen LogP contribution in [0.5, 0.6) is 0 Å². The lowest BCUT2D eigenvalue weighted by Gasteiger charge is -2.40. The quantitative estimate of drug-likeness (QED) is 0.0346. The van der Waals surface area contributed by atoms with Crippen LogP contribution in [0.3, 0.4) is 0 Å². The zero-order valence-electron chi connectivity index (χ0n) is 30.5. The Morgan fingerprint density at radius 2 is 1.19 bits per heavy atom. The van der Waals surface area contributed by atoms with E-state index in [2.05, 4.69) is 31.3 Å². The van der Waals surface area contributed by atoms with Gasteiger partial charge in [-0.05, 0) is 32.1 Å². The van der Waals surface area contributed by atoms with E-state index in [0.29, 0.717) is 6.42 Å². The fraction of sp³-hybridized carbons (Fsp3) is 0.872. The number of aliphatic hydroxyl groups is 5. The molecule has 7 atom stereocenters. The normalized spacial score (nSPS) is 22.9. The number of unbranched alkanes of at least 4 members (excludes halogenated alkanes) is 19. The second kappa shape index (κ2) is 30.5. The highest BCUT2D eigenvalue weighted by Crippen LogP contribution is 2.22. The number of ether oxygens (including phenoxy) is 2. The van der Waals surface area contributed by atoms with Crippen molar-refractivity contribution in [1.82, 2.24) is 5.32 Å². The summed E-state index contributed by atoms with van der Waals surface area (Å²) in [7, 11) is 0. The fourth-order valence-corrected chi connectivity index (χ4v) is 6.05. The van der Waals surface area contributed by atoms with Crippen LogP contribution in [0.25, 0.3) is 0 Å². The summed E-state index contributed by atoms with van der Waals surface area (Å²) >= 11 is 0. The van der Waals surface area contributed by atoms with E-state index < -0.39 is 49.5 Å². The van der Waals surface area contributed by atoms with Gasteiger partial charge in [-0.2, -0.15) is 0 Å². The molecule has 0 aromatic rings. The van der Waals surface area contributed by atoms with Crippen molar-refractivity contribution >= 4 is 5.91 Å². The van der Waals surface area contributed by atoms with Crippen LogP contribution in [0.2, 0.25) is 0 Å². The van der Waals surface area contributed by atoms with Gasteiger partial charge in [0.15, 0.2) is 6.29 Å². The smallest absolute Gasteiger partial charge is 0.220 e. The Bertz CT molecular complexity index is 807. The van der Waals surface area contributed by atoms with Gasteiger partial charge in [0.05, 0.1) is 25.4 Å². The molecular formula is C39H73NO8. The van der Waals surface area contributed by atoms with E-state index in [1.54, 1.807) is 6.08 Å². The van der Waals surface area contributed by atoms with Crippen molar-refractivity contribution in [2.24, 2.45) is 0 Å². The third-order valence-electron chi connectivity index (χ3n) is 9.28. The van der Waals surface area contributed by atoms with Gasteiger partial charge in [-0.1, -0.05) is 147 Å². The number of aliphatic hydroxyl groups excluding tert-OH is 5. The third kappa shape index (κ3) is 21.7. The van der Waals surface area contributed by atoms with Crippen LogP contribution in [0.4, 0.5) is 0 Å². The highest BCUT2D eigenvalue weighted by molar-refractivity contribution is 5.76. The van der Waals surface area contributed by atoms with Gasteiger partial charge < -0.3 is 40.3 Å². The molecular weight excluding hydrogens is 610 g/mol. The molecule has 7 unspecified atom stereocenters. The van der Waals surface area contributed by atoms with Crippen molar-refractivity contribution in [1.29, 1.82) is 0 Å². The summed E-state index contributed by atoms with van der Waals surface area (Å²) in [5.74, 6) is -0.201. The number of carbonyl (C=O) groups is 1. The average Bonchev–Trinajstić information content (AvgIpc) is 3.08. The Labute approximate surface area is 292 Å². The minimum Gasteiger partial charge on any atom is -0.394 e. The van der Waals surface area contributed by atoms with Gasteiger partial charge in [-0.15, -0.1) is 0 Å². The average molecular weight is 684 g/mol. The lowest BCUT2D eigenvalue weighted by Crippen LogP contribution is -2.60. The molecule has 0 aromatic heterocycles. The zero-order valence-corrected chi connectivity index (χ0v) is 30.5. The summed E-state index contributed by atoms with van der Waals surface area (Å²) in [5.41, 5.74) is 0. The molecule has 1 saturated heterocycles. The SMILES string of the molecule is CCCCCCCCCCCCCCCC/C=C/CC/C=C/C(O)C(COC1OC(CO)C(O)C(O)C1O)NC(=O)CCCCCCC. The van der Waals surface area contributed by atoms with E-state index in [9.17, 15) is 30.3 Å². The van der Waals surface area contributed by atoms with Gasteiger partial charge in [0.25, 0.3) is 0 Å². The minimum atomic E-state index is -1.57. The molecule has 9 heteroatoms. The van der Waals surface area contributed by atoms with E-state index in [1.165, 1.54) is 89.9 Å². The number of hydrogen-bond donors (Lipinski definition) is 6. The maximum Gasteiger partial charge on any atom is 0.220 e. The number of nitrogens with one attached hydrogen (secondary N) is 1. The van der Waals surface area contributed by atoms with Crippen LogP contribution in [0, 0.1) is 0 Å². The van der Waals surface area contributed by atoms with Gasteiger partial charge in [-0.3, -0.25) is 4.79 Å². The number of hydrogen-bond acceptors (Lipinski definition) is 8. The Balaban J connectivity index is 2.34. The molecule has 9 nitrogen and oxygen atoms in total. The molecule has 6 N–H and O–H groups in total. The van der Waals surface area contributed by atoms with Gasteiger partial charge in [0, 0.05) is 6.42 Å². The number of carbonyl (C=O) groups excluding carboxylic acids is 1. The Morgan fingerprint density at radius 1 is 0.688 bits per heavy atom. The van der Waals surface area contributed by atoms with Crippen molar-refractivity contribution in [2.75, 3.05) is 13.2 Å². The molecule has 1 amide bonds. The first-order valence-electron chi connectivity index (χ1n) is 19.6. The highest BCUT2D eigenvalue weighted by atomic mass is 16.7. The number of allylic oxidation sites excluding steroid dienone is 3. The molecule has 0 aliphatic carbocycles. The molecule has 1 aliphatic heterocycles. The Kier molecular flexibility index (Phi) is 28.4. The molecule has 0 aromatic carbocycles. The largest absolute Gasteiger partial charge is 0.394 e. The number of rotatable bonds is 31. The molecule has 0 spiro atoms. The lowest BCUT2D eigenvalue weighted by atomic mass is 9.99. The number of amides is 1. The van der Waals surface area contributed by atoms with Crippen molar-refractivity contribution in [3.8, 4) is 0 Å². The van der Waals surface area contributed by atoms with Gasteiger partial charge >= 0.3 is 0 Å². The van der Waals surface area contributed by atoms with E-state index in [0.717, 1.165) is 51.4 Å². The second-order valence-electron chi connectivity index (χ2n) is 13.7. The predicted octanol–water partition coefficient (Wildman–Crippen LogP) is 6.77. The van der Waals surface area contributed by atoms with Crippen molar-refractivity contribution in [3.63, 3.8) is 0 Å². The molecule has 48 heavy (non-hydrogen) atoms. The van der Waals surface area contributed by atoms with Gasteiger partial charge in [-0.25, -0.2) is 0 Å². The highest BCUT2D eigenvalue weighted by Gasteiger charge is 2.44. The molecule has 0 radical (unpaired) electrons. The molecule has 1 rings (SSSR count). The molecule has 0 saturated carbocycles. The van der Waals surface area contributed by atoms with E-state index in [1.807, 2.05) is 6.08 Å².